The van der Waals surface area contributed by atoms with Crippen LogP contribution >= 0.6 is 11.3 Å². The van der Waals surface area contributed by atoms with Gasteiger partial charge in [-0.2, -0.15) is 24.5 Å². The first-order chi connectivity index (χ1) is 7.98. The molecular formula is C12H9F3OS. The number of aliphatic hydroxyl groups excluding tert-OH is 1. The van der Waals surface area contributed by atoms with Crippen molar-refractivity contribution < 1.29 is 18.3 Å². The van der Waals surface area contributed by atoms with Gasteiger partial charge in [-0.25, -0.2) is 0 Å². The molecule has 2 aromatic rings. The second-order valence-electron chi connectivity index (χ2n) is 3.58. The van der Waals surface area contributed by atoms with Gasteiger partial charge in [-0.05, 0) is 40.1 Å². The van der Waals surface area contributed by atoms with Gasteiger partial charge in [-0.15, -0.1) is 0 Å². The summed E-state index contributed by atoms with van der Waals surface area (Å²) in [6.07, 6.45) is -5.40. The van der Waals surface area contributed by atoms with Crippen molar-refractivity contribution in [1.29, 1.82) is 0 Å². The smallest absolute Gasteiger partial charge is 0.384 e. The zero-order valence-corrected chi connectivity index (χ0v) is 9.42. The maximum Gasteiger partial charge on any atom is 0.416 e. The Morgan fingerprint density at radius 3 is 2.47 bits per heavy atom. The van der Waals surface area contributed by atoms with E-state index in [9.17, 15) is 18.3 Å². The normalized spacial score (nSPS) is 13.6. The highest BCUT2D eigenvalue weighted by molar-refractivity contribution is 7.07. The molecule has 0 fully saturated rings. The van der Waals surface area contributed by atoms with Crippen molar-refractivity contribution in [3.05, 3.63) is 57.8 Å². The Balaban J connectivity index is 2.34. The molecular weight excluding hydrogens is 249 g/mol. The Bertz CT molecular complexity index is 491. The molecule has 90 valence electrons. The van der Waals surface area contributed by atoms with E-state index in [4.69, 9.17) is 0 Å². The van der Waals surface area contributed by atoms with Crippen LogP contribution in [0, 0.1) is 0 Å². The van der Waals surface area contributed by atoms with Gasteiger partial charge in [0.15, 0.2) is 0 Å². The fraction of sp³-hybridized carbons (Fsp3) is 0.167. The standard InChI is InChI=1S/C12H9F3OS/c13-12(14,15)10-3-1-2-8(6-10)11(16)9-4-5-17-7-9/h1-7,11,16H. The van der Waals surface area contributed by atoms with E-state index in [-0.39, 0.29) is 5.56 Å². The highest BCUT2D eigenvalue weighted by atomic mass is 32.1. The second kappa shape index (κ2) is 4.50. The molecule has 5 heteroatoms. The Morgan fingerprint density at radius 2 is 1.88 bits per heavy atom. The summed E-state index contributed by atoms with van der Waals surface area (Å²) in [4.78, 5) is 0. The largest absolute Gasteiger partial charge is 0.416 e. The molecule has 1 heterocycles. The van der Waals surface area contributed by atoms with Gasteiger partial charge in [-0.3, -0.25) is 0 Å². The first kappa shape index (κ1) is 12.1. The molecule has 1 atom stereocenters. The number of alkyl halides is 3. The molecule has 1 unspecified atom stereocenters. The number of rotatable bonds is 2. The summed E-state index contributed by atoms with van der Waals surface area (Å²) in [5.74, 6) is 0. The van der Waals surface area contributed by atoms with Crippen LogP contribution in [0.1, 0.15) is 22.8 Å². The molecule has 1 aromatic heterocycles. The summed E-state index contributed by atoms with van der Waals surface area (Å²) >= 11 is 1.39. The average molecular weight is 258 g/mol. The van der Waals surface area contributed by atoms with Gasteiger partial charge in [0.05, 0.1) is 5.56 Å². The number of thiophene rings is 1. The average Bonchev–Trinajstić information content (AvgIpc) is 2.80. The van der Waals surface area contributed by atoms with E-state index in [1.807, 2.05) is 0 Å². The van der Waals surface area contributed by atoms with Gasteiger partial charge in [0.2, 0.25) is 0 Å². The molecule has 0 bridgehead atoms. The molecule has 0 saturated carbocycles. The Kier molecular flexibility index (Phi) is 3.22. The third-order valence-electron chi connectivity index (χ3n) is 2.39. The first-order valence-electron chi connectivity index (χ1n) is 4.86. The lowest BCUT2D eigenvalue weighted by Crippen LogP contribution is -2.07. The Labute approximate surface area is 100 Å². The van der Waals surface area contributed by atoms with E-state index in [1.165, 1.54) is 23.5 Å². The Morgan fingerprint density at radius 1 is 1.12 bits per heavy atom. The summed E-state index contributed by atoms with van der Waals surface area (Å²) in [5, 5.41) is 13.4. The lowest BCUT2D eigenvalue weighted by molar-refractivity contribution is -0.137. The minimum Gasteiger partial charge on any atom is -0.384 e. The Hall–Kier alpha value is -1.33. The number of hydrogen-bond acceptors (Lipinski definition) is 2. The number of benzene rings is 1. The molecule has 17 heavy (non-hydrogen) atoms. The molecule has 0 aliphatic rings. The fourth-order valence-corrected chi connectivity index (χ4v) is 2.19. The molecule has 0 spiro atoms. The molecule has 0 amide bonds. The lowest BCUT2D eigenvalue weighted by atomic mass is 10.0. The van der Waals surface area contributed by atoms with Crippen molar-refractivity contribution in [3.63, 3.8) is 0 Å². The minimum absolute atomic E-state index is 0.248. The predicted molar refractivity (Wildman–Crippen MR) is 59.8 cm³/mol. The van der Waals surface area contributed by atoms with Crippen LogP contribution in [0.25, 0.3) is 0 Å². The maximum absolute atomic E-state index is 12.5. The van der Waals surface area contributed by atoms with Crippen LogP contribution in [0.15, 0.2) is 41.1 Å². The van der Waals surface area contributed by atoms with Gasteiger partial charge >= 0.3 is 6.18 Å². The first-order valence-corrected chi connectivity index (χ1v) is 5.80. The summed E-state index contributed by atoms with van der Waals surface area (Å²) in [5.41, 5.74) is 0.108. The van der Waals surface area contributed by atoms with E-state index < -0.39 is 17.8 Å². The summed E-state index contributed by atoms with van der Waals surface area (Å²) in [6, 6.07) is 6.44. The van der Waals surface area contributed by atoms with Gasteiger partial charge in [0.25, 0.3) is 0 Å². The predicted octanol–water partition coefficient (Wildman–Crippen LogP) is 3.85. The third kappa shape index (κ3) is 2.68. The van der Waals surface area contributed by atoms with Crippen molar-refractivity contribution in [2.45, 2.75) is 12.3 Å². The highest BCUT2D eigenvalue weighted by Gasteiger charge is 2.30. The summed E-state index contributed by atoms with van der Waals surface area (Å²) in [7, 11) is 0. The van der Waals surface area contributed by atoms with E-state index in [0.29, 0.717) is 5.56 Å². The second-order valence-corrected chi connectivity index (χ2v) is 4.36. The zero-order chi connectivity index (χ0) is 12.5. The van der Waals surface area contributed by atoms with Gasteiger partial charge < -0.3 is 5.11 Å². The molecule has 0 saturated heterocycles. The SMILES string of the molecule is OC(c1ccsc1)c1cccc(C(F)(F)F)c1. The maximum atomic E-state index is 12.5. The molecule has 0 radical (unpaired) electrons. The van der Waals surface area contributed by atoms with E-state index >= 15 is 0 Å². The van der Waals surface area contributed by atoms with Gasteiger partial charge in [-0.1, -0.05) is 12.1 Å². The van der Waals surface area contributed by atoms with Crippen molar-refractivity contribution in [3.8, 4) is 0 Å². The summed E-state index contributed by atoms with van der Waals surface area (Å²) in [6.45, 7) is 0. The molecule has 0 aliphatic heterocycles. The van der Waals surface area contributed by atoms with Gasteiger partial charge in [0, 0.05) is 0 Å². The van der Waals surface area contributed by atoms with Crippen LogP contribution < -0.4 is 0 Å². The highest BCUT2D eigenvalue weighted by Crippen LogP contribution is 2.32. The van der Waals surface area contributed by atoms with E-state index in [0.717, 1.165) is 12.1 Å². The van der Waals surface area contributed by atoms with Crippen LogP contribution in [0.2, 0.25) is 0 Å². The number of aliphatic hydroxyl groups is 1. The lowest BCUT2D eigenvalue weighted by Gasteiger charge is -2.12. The van der Waals surface area contributed by atoms with Crippen LogP contribution in [0.5, 0.6) is 0 Å². The van der Waals surface area contributed by atoms with Crippen molar-refractivity contribution >= 4 is 11.3 Å². The van der Waals surface area contributed by atoms with Crippen molar-refractivity contribution in [2.75, 3.05) is 0 Å². The van der Waals surface area contributed by atoms with Crippen LogP contribution in [0.3, 0.4) is 0 Å². The van der Waals surface area contributed by atoms with E-state index in [2.05, 4.69) is 0 Å². The monoisotopic (exact) mass is 258 g/mol. The quantitative estimate of drug-likeness (QED) is 0.867. The molecule has 1 N–H and O–H groups in total. The topological polar surface area (TPSA) is 20.2 Å². The zero-order valence-electron chi connectivity index (χ0n) is 8.61. The van der Waals surface area contributed by atoms with Crippen LogP contribution in [-0.2, 0) is 6.18 Å². The molecule has 1 aromatic carbocycles. The fourth-order valence-electron chi connectivity index (χ4n) is 1.51. The molecule has 0 aliphatic carbocycles. The van der Waals surface area contributed by atoms with E-state index in [1.54, 1.807) is 16.8 Å². The number of halogens is 3. The van der Waals surface area contributed by atoms with Crippen molar-refractivity contribution in [2.24, 2.45) is 0 Å². The minimum atomic E-state index is -4.38. The van der Waals surface area contributed by atoms with Crippen LogP contribution in [-0.4, -0.2) is 5.11 Å². The van der Waals surface area contributed by atoms with Crippen LogP contribution in [0.4, 0.5) is 13.2 Å². The molecule has 1 nitrogen and oxygen atoms in total. The number of hydrogen-bond donors (Lipinski definition) is 1. The van der Waals surface area contributed by atoms with Crippen molar-refractivity contribution in [1.82, 2.24) is 0 Å². The summed E-state index contributed by atoms with van der Waals surface area (Å²) < 4.78 is 37.5. The molecule has 2 rings (SSSR count). The third-order valence-corrected chi connectivity index (χ3v) is 3.09. The van der Waals surface area contributed by atoms with Gasteiger partial charge in [0.1, 0.15) is 6.10 Å².